The smallest absolute Gasteiger partial charge is 0.433 e. The number of ether oxygens (including phenoxy) is 1. The molecule has 0 radical (unpaired) electrons. The fraction of sp³-hybridized carbons (Fsp3) is 0.250. The molecule has 0 saturated heterocycles. The van der Waals surface area contributed by atoms with Gasteiger partial charge in [-0.2, -0.15) is 13.2 Å². The minimum Gasteiger partial charge on any atom is -0.489 e. The van der Waals surface area contributed by atoms with E-state index in [0.29, 0.717) is 16.7 Å². The molecule has 3 rings (SSSR count). The van der Waals surface area contributed by atoms with Gasteiger partial charge in [-0.3, -0.25) is 14.6 Å². The van der Waals surface area contributed by atoms with E-state index in [1.54, 1.807) is 25.1 Å². The molecule has 0 unspecified atom stereocenters. The van der Waals surface area contributed by atoms with Crippen LogP contribution in [-0.4, -0.2) is 22.8 Å². The molecule has 0 bridgehead atoms. The lowest BCUT2D eigenvalue weighted by Crippen LogP contribution is -2.42. The number of nitrogens with zero attached hydrogens (tertiary/aromatic N) is 1. The molecule has 0 aliphatic heterocycles. The third kappa shape index (κ3) is 4.54. The van der Waals surface area contributed by atoms with Crippen molar-refractivity contribution in [3.63, 3.8) is 0 Å². The van der Waals surface area contributed by atoms with Crippen molar-refractivity contribution in [1.29, 1.82) is 0 Å². The molecule has 1 aromatic carbocycles. The van der Waals surface area contributed by atoms with Gasteiger partial charge >= 0.3 is 6.18 Å². The van der Waals surface area contributed by atoms with Gasteiger partial charge in [0.05, 0.1) is 5.56 Å². The van der Waals surface area contributed by atoms with Gasteiger partial charge in [-0.15, -0.1) is 11.3 Å². The van der Waals surface area contributed by atoms with Crippen LogP contribution < -0.4 is 15.8 Å². The van der Waals surface area contributed by atoms with Crippen molar-refractivity contribution in [2.24, 2.45) is 5.73 Å². The predicted octanol–water partition coefficient (Wildman–Crippen LogP) is 3.81. The Hall–Kier alpha value is -3.14. The Morgan fingerprint density at radius 2 is 2.03 bits per heavy atom. The van der Waals surface area contributed by atoms with Crippen LogP contribution in [0.1, 0.15) is 33.4 Å². The lowest BCUT2D eigenvalue weighted by molar-refractivity contribution is -0.142. The predicted molar refractivity (Wildman–Crippen MR) is 106 cm³/mol. The average molecular weight is 437 g/mol. The fourth-order valence-electron chi connectivity index (χ4n) is 2.88. The second-order valence-corrected chi connectivity index (χ2v) is 7.84. The Morgan fingerprint density at radius 1 is 1.30 bits per heavy atom. The monoisotopic (exact) mass is 437 g/mol. The summed E-state index contributed by atoms with van der Waals surface area (Å²) >= 11 is 1.38. The second-order valence-electron chi connectivity index (χ2n) is 6.59. The van der Waals surface area contributed by atoms with E-state index in [1.165, 1.54) is 30.4 Å². The van der Waals surface area contributed by atoms with Crippen LogP contribution in [0.25, 0.3) is 10.1 Å². The summed E-state index contributed by atoms with van der Waals surface area (Å²) in [6.45, 7) is 2.91. The molecule has 0 spiro atoms. The van der Waals surface area contributed by atoms with Gasteiger partial charge in [0.15, 0.2) is 5.69 Å². The maximum absolute atomic E-state index is 13.1. The first-order valence-electron chi connectivity index (χ1n) is 8.85. The van der Waals surface area contributed by atoms with Gasteiger partial charge in [0.2, 0.25) is 5.91 Å². The van der Waals surface area contributed by atoms with Crippen molar-refractivity contribution >= 4 is 33.2 Å². The number of benzene rings is 1. The highest BCUT2D eigenvalue weighted by atomic mass is 32.1. The number of carbonyl (C=O) groups is 2. The van der Waals surface area contributed by atoms with Crippen LogP contribution in [0.15, 0.2) is 36.5 Å². The minimum absolute atomic E-state index is 0.0974. The molecule has 6 nitrogen and oxygen atoms in total. The number of amides is 2. The molecule has 0 aliphatic carbocycles. The van der Waals surface area contributed by atoms with Crippen molar-refractivity contribution in [1.82, 2.24) is 10.3 Å². The molecule has 1 atom stereocenters. The third-order valence-corrected chi connectivity index (χ3v) is 5.48. The Labute approximate surface area is 173 Å². The van der Waals surface area contributed by atoms with E-state index in [4.69, 9.17) is 10.5 Å². The molecule has 3 N–H and O–H groups in total. The summed E-state index contributed by atoms with van der Waals surface area (Å²) < 4.78 is 45.6. The maximum Gasteiger partial charge on any atom is 0.433 e. The third-order valence-electron chi connectivity index (χ3n) is 4.39. The van der Waals surface area contributed by atoms with Crippen LogP contribution in [0, 0.1) is 6.92 Å². The van der Waals surface area contributed by atoms with E-state index < -0.39 is 29.7 Å². The van der Waals surface area contributed by atoms with Gasteiger partial charge in [0.1, 0.15) is 18.4 Å². The zero-order chi connectivity index (χ0) is 22.1. The highest BCUT2D eigenvalue weighted by molar-refractivity contribution is 7.19. The number of aryl methyl sites for hydroxylation is 1. The Kier molecular flexibility index (Phi) is 5.97. The first kappa shape index (κ1) is 21.6. The summed E-state index contributed by atoms with van der Waals surface area (Å²) in [6, 6.07) is 6.79. The van der Waals surface area contributed by atoms with Crippen molar-refractivity contribution in [3.05, 3.63) is 58.2 Å². The van der Waals surface area contributed by atoms with Crippen molar-refractivity contribution in [2.45, 2.75) is 32.7 Å². The van der Waals surface area contributed by atoms with E-state index in [1.807, 2.05) is 0 Å². The number of hydrogen-bond donors (Lipinski definition) is 2. The molecular formula is C20H18F3N3O3S. The quantitative estimate of drug-likeness (QED) is 0.613. The number of carbonyl (C=O) groups excluding carboxylic acids is 2. The Balaban J connectivity index is 1.87. The van der Waals surface area contributed by atoms with Gasteiger partial charge in [-0.05, 0) is 38.1 Å². The molecule has 158 valence electrons. The highest BCUT2D eigenvalue weighted by Crippen LogP contribution is 2.34. The van der Waals surface area contributed by atoms with E-state index in [2.05, 4.69) is 10.3 Å². The number of halogens is 3. The molecule has 3 aromatic rings. The molecule has 10 heteroatoms. The summed E-state index contributed by atoms with van der Waals surface area (Å²) in [5, 5.41) is 3.11. The molecule has 0 fully saturated rings. The van der Waals surface area contributed by atoms with Crippen LogP contribution in [0.3, 0.4) is 0 Å². The van der Waals surface area contributed by atoms with Gasteiger partial charge in [-0.25, -0.2) is 0 Å². The lowest BCUT2D eigenvalue weighted by atomic mass is 10.1. The number of aromatic nitrogens is 1. The number of hydrogen-bond acceptors (Lipinski definition) is 5. The summed E-state index contributed by atoms with van der Waals surface area (Å²) in [5.41, 5.74) is 4.46. The Bertz CT molecular complexity index is 1110. The van der Waals surface area contributed by atoms with Gasteiger partial charge in [0.25, 0.3) is 5.91 Å². The zero-order valence-corrected chi connectivity index (χ0v) is 16.9. The molecule has 30 heavy (non-hydrogen) atoms. The number of fused-ring (bicyclic) bond motifs is 1. The zero-order valence-electron chi connectivity index (χ0n) is 16.0. The molecular weight excluding hydrogens is 419 g/mol. The molecule has 0 saturated carbocycles. The number of rotatable bonds is 6. The van der Waals surface area contributed by atoms with Gasteiger partial charge in [0, 0.05) is 26.7 Å². The van der Waals surface area contributed by atoms with Gasteiger partial charge < -0.3 is 15.8 Å². The first-order valence-corrected chi connectivity index (χ1v) is 9.66. The standard InChI is InChI=1S/C20H18F3N3O3S/c1-10(18(24)27)26-19(28)16-11(2)30-15-6-5-13(8-14(15)16)29-9-12-4-3-7-25-17(12)20(21,22)23/h3-8,10H,9H2,1-2H3,(H2,24,27)(H,26,28)/t10-/m1/s1. The number of primary amides is 1. The molecule has 2 heterocycles. The summed E-state index contributed by atoms with van der Waals surface area (Å²) in [5.74, 6) is -0.829. The highest BCUT2D eigenvalue weighted by Gasteiger charge is 2.35. The average Bonchev–Trinajstić information content (AvgIpc) is 3.00. The fourth-order valence-corrected chi connectivity index (χ4v) is 3.92. The first-order chi connectivity index (χ1) is 14.1. The van der Waals surface area contributed by atoms with E-state index in [0.717, 1.165) is 15.8 Å². The van der Waals surface area contributed by atoms with E-state index in [-0.39, 0.29) is 12.2 Å². The van der Waals surface area contributed by atoms with Crippen LogP contribution in [-0.2, 0) is 17.6 Å². The van der Waals surface area contributed by atoms with Gasteiger partial charge in [-0.1, -0.05) is 6.07 Å². The summed E-state index contributed by atoms with van der Waals surface area (Å²) in [4.78, 5) is 28.0. The number of thiophene rings is 1. The Morgan fingerprint density at radius 3 is 2.70 bits per heavy atom. The van der Waals surface area contributed by atoms with Crippen LogP contribution in [0.2, 0.25) is 0 Å². The SMILES string of the molecule is Cc1sc2ccc(OCc3cccnc3C(F)(F)F)cc2c1C(=O)N[C@H](C)C(N)=O. The number of pyridine rings is 1. The number of alkyl halides is 3. The summed E-state index contributed by atoms with van der Waals surface area (Å²) in [6.07, 6.45) is -3.51. The topological polar surface area (TPSA) is 94.3 Å². The van der Waals surface area contributed by atoms with Crippen molar-refractivity contribution < 1.29 is 27.5 Å². The van der Waals surface area contributed by atoms with Crippen LogP contribution >= 0.6 is 11.3 Å². The number of nitrogens with one attached hydrogen (secondary N) is 1. The minimum atomic E-state index is -4.59. The largest absolute Gasteiger partial charge is 0.489 e. The number of nitrogens with two attached hydrogens (primary N) is 1. The van der Waals surface area contributed by atoms with Crippen molar-refractivity contribution in [2.75, 3.05) is 0 Å². The van der Waals surface area contributed by atoms with Crippen LogP contribution in [0.4, 0.5) is 13.2 Å². The normalized spacial score (nSPS) is 12.6. The summed E-state index contributed by atoms with van der Waals surface area (Å²) in [7, 11) is 0. The molecule has 2 aromatic heterocycles. The van der Waals surface area contributed by atoms with Crippen LogP contribution in [0.5, 0.6) is 5.75 Å². The lowest BCUT2D eigenvalue weighted by Gasteiger charge is -2.13. The molecule has 0 aliphatic rings. The van der Waals surface area contributed by atoms with E-state index >= 15 is 0 Å². The van der Waals surface area contributed by atoms with Crippen molar-refractivity contribution in [3.8, 4) is 5.75 Å². The molecule has 2 amide bonds. The second kappa shape index (κ2) is 8.31. The maximum atomic E-state index is 13.1. The van der Waals surface area contributed by atoms with E-state index in [9.17, 15) is 22.8 Å².